The molecule has 0 aliphatic carbocycles. The van der Waals surface area contributed by atoms with E-state index in [9.17, 15) is 40.3 Å². The molecule has 0 fully saturated rings. The number of hydrogen-bond donors (Lipinski definition) is 1. The Morgan fingerprint density at radius 1 is 1.05 bits per heavy atom. The number of ether oxygens (including phenoxy) is 1. The van der Waals surface area contributed by atoms with Crippen LogP contribution in [-0.2, 0) is 14.3 Å². The first-order chi connectivity index (χ1) is 9.88. The van der Waals surface area contributed by atoms with Crippen molar-refractivity contribution < 1.29 is 45.1 Å². The van der Waals surface area contributed by atoms with Gasteiger partial charge >= 0.3 is 24.0 Å². The Bertz CT molecular complexity index is 396. The number of alkyl halides is 7. The summed E-state index contributed by atoms with van der Waals surface area (Å²) < 4.78 is 90.9. The van der Waals surface area contributed by atoms with Gasteiger partial charge in [-0.25, -0.2) is 0 Å². The molecule has 0 heterocycles. The highest BCUT2D eigenvalue weighted by Crippen LogP contribution is 2.46. The number of esters is 1. The van der Waals surface area contributed by atoms with Gasteiger partial charge in [0.2, 0.25) is 0 Å². The van der Waals surface area contributed by atoms with Gasteiger partial charge in [-0.05, 0) is 12.8 Å². The van der Waals surface area contributed by atoms with Crippen LogP contribution in [0.3, 0.4) is 0 Å². The van der Waals surface area contributed by atoms with E-state index in [1.165, 1.54) is 5.32 Å². The fraction of sp³-hybridized carbons (Fsp3) is 0.818. The van der Waals surface area contributed by atoms with E-state index < -0.39 is 36.4 Å². The monoisotopic (exact) mass is 341 g/mol. The van der Waals surface area contributed by atoms with E-state index in [0.29, 0.717) is 6.42 Å². The summed E-state index contributed by atoms with van der Waals surface area (Å²) in [4.78, 5) is 21.8. The largest absolute Gasteiger partial charge is 0.466 e. The van der Waals surface area contributed by atoms with Crippen LogP contribution in [0.4, 0.5) is 30.7 Å². The first-order valence-corrected chi connectivity index (χ1v) is 6.14. The minimum Gasteiger partial charge on any atom is -0.466 e. The first-order valence-electron chi connectivity index (χ1n) is 6.14. The maximum absolute atomic E-state index is 12.9. The lowest BCUT2D eigenvalue weighted by molar-refractivity contribution is -0.344. The van der Waals surface area contributed by atoms with Crippen LogP contribution in [-0.4, -0.2) is 43.0 Å². The first kappa shape index (κ1) is 20.5. The molecule has 0 aliphatic rings. The van der Waals surface area contributed by atoms with E-state index in [1.54, 1.807) is 6.92 Å². The number of amides is 1. The highest BCUT2D eigenvalue weighted by molar-refractivity contribution is 5.84. The molecule has 0 aromatic rings. The fourth-order valence-corrected chi connectivity index (χ4v) is 1.15. The van der Waals surface area contributed by atoms with Gasteiger partial charge in [-0.1, -0.05) is 6.92 Å². The predicted molar refractivity (Wildman–Crippen MR) is 59.4 cm³/mol. The van der Waals surface area contributed by atoms with Crippen LogP contribution in [0.5, 0.6) is 0 Å². The van der Waals surface area contributed by atoms with Crippen LogP contribution in [0.15, 0.2) is 0 Å². The lowest BCUT2D eigenvalue weighted by Gasteiger charge is -2.27. The highest BCUT2D eigenvalue weighted by atomic mass is 19.4. The number of rotatable bonds is 8. The van der Waals surface area contributed by atoms with Gasteiger partial charge in [0, 0.05) is 13.0 Å². The summed E-state index contributed by atoms with van der Waals surface area (Å²) >= 11 is 0. The second-order valence-electron chi connectivity index (χ2n) is 4.23. The molecule has 0 atom stereocenters. The van der Waals surface area contributed by atoms with Crippen molar-refractivity contribution in [3.05, 3.63) is 0 Å². The molecular weight excluding hydrogens is 327 g/mol. The molecule has 11 heteroatoms. The molecule has 0 bridgehead atoms. The van der Waals surface area contributed by atoms with Gasteiger partial charge in [0.1, 0.15) is 0 Å². The predicted octanol–water partition coefficient (Wildman–Crippen LogP) is 2.67. The van der Waals surface area contributed by atoms with Crippen LogP contribution < -0.4 is 5.32 Å². The molecule has 1 amide bonds. The van der Waals surface area contributed by atoms with Gasteiger partial charge in [-0.3, -0.25) is 9.59 Å². The van der Waals surface area contributed by atoms with Gasteiger partial charge in [0.15, 0.2) is 0 Å². The standard InChI is InChI=1S/C11H14F7NO3/c1-2-6-22-7(20)4-3-5-19-8(21)9(12,13)10(14,15)11(16,17)18/h2-6H2,1H3,(H,19,21). The third-order valence-electron chi connectivity index (χ3n) is 2.35. The van der Waals surface area contributed by atoms with E-state index in [0.717, 1.165) is 0 Å². The summed E-state index contributed by atoms with van der Waals surface area (Å²) in [6.07, 6.45) is -6.58. The van der Waals surface area contributed by atoms with Crippen molar-refractivity contribution in [2.24, 2.45) is 0 Å². The second kappa shape index (κ2) is 7.63. The Morgan fingerprint density at radius 3 is 2.05 bits per heavy atom. The van der Waals surface area contributed by atoms with Gasteiger partial charge < -0.3 is 10.1 Å². The Labute approximate surface area is 121 Å². The molecule has 0 aliphatic heterocycles. The number of nitrogens with one attached hydrogen (secondary N) is 1. The zero-order valence-corrected chi connectivity index (χ0v) is 11.4. The van der Waals surface area contributed by atoms with Crippen molar-refractivity contribution >= 4 is 11.9 Å². The van der Waals surface area contributed by atoms with Crippen LogP contribution in [0.1, 0.15) is 26.2 Å². The lowest BCUT2D eigenvalue weighted by Crippen LogP contribution is -2.59. The van der Waals surface area contributed by atoms with Crippen LogP contribution in [0.2, 0.25) is 0 Å². The highest BCUT2D eigenvalue weighted by Gasteiger charge is 2.76. The number of carbonyl (C=O) groups excluding carboxylic acids is 2. The lowest BCUT2D eigenvalue weighted by atomic mass is 10.1. The van der Waals surface area contributed by atoms with Crippen molar-refractivity contribution in [2.45, 2.75) is 44.2 Å². The summed E-state index contributed by atoms with van der Waals surface area (Å²) in [5, 5.41) is 1.24. The molecule has 22 heavy (non-hydrogen) atoms. The molecule has 130 valence electrons. The molecule has 0 rings (SSSR count). The van der Waals surface area contributed by atoms with Gasteiger partial charge in [-0.15, -0.1) is 0 Å². The van der Waals surface area contributed by atoms with Crippen LogP contribution >= 0.6 is 0 Å². The maximum atomic E-state index is 12.9. The van der Waals surface area contributed by atoms with Crippen molar-refractivity contribution in [1.29, 1.82) is 0 Å². The van der Waals surface area contributed by atoms with E-state index in [-0.39, 0.29) is 19.4 Å². The molecule has 0 radical (unpaired) electrons. The normalized spacial score (nSPS) is 12.9. The number of carbonyl (C=O) groups is 2. The van der Waals surface area contributed by atoms with Gasteiger partial charge in [0.25, 0.3) is 5.91 Å². The van der Waals surface area contributed by atoms with Crippen LogP contribution in [0, 0.1) is 0 Å². The summed E-state index contributed by atoms with van der Waals surface area (Å²) in [7, 11) is 0. The van der Waals surface area contributed by atoms with E-state index >= 15 is 0 Å². The molecule has 4 nitrogen and oxygen atoms in total. The average molecular weight is 341 g/mol. The third-order valence-corrected chi connectivity index (χ3v) is 2.35. The Kier molecular flexibility index (Phi) is 7.10. The molecule has 0 aromatic carbocycles. The minimum absolute atomic E-state index is 0.126. The smallest absolute Gasteiger partial charge is 0.460 e. The van der Waals surface area contributed by atoms with Crippen molar-refractivity contribution in [1.82, 2.24) is 5.32 Å². The molecule has 0 saturated carbocycles. The molecular formula is C11H14F7NO3. The summed E-state index contributed by atoms with van der Waals surface area (Å²) in [6.45, 7) is 1.17. The third kappa shape index (κ3) is 5.02. The fourth-order valence-electron chi connectivity index (χ4n) is 1.15. The Balaban J connectivity index is 4.40. The number of hydrogen-bond acceptors (Lipinski definition) is 3. The summed E-state index contributed by atoms with van der Waals surface area (Å²) in [5.74, 6) is -15.9. The number of halogens is 7. The zero-order valence-electron chi connectivity index (χ0n) is 11.4. The van der Waals surface area contributed by atoms with Crippen molar-refractivity contribution in [3.63, 3.8) is 0 Å². The molecule has 0 unspecified atom stereocenters. The summed E-state index contributed by atoms with van der Waals surface area (Å²) in [6, 6.07) is 0. The molecule has 0 spiro atoms. The summed E-state index contributed by atoms with van der Waals surface area (Å²) in [5.41, 5.74) is 0. The van der Waals surface area contributed by atoms with Crippen LogP contribution in [0.25, 0.3) is 0 Å². The quantitative estimate of drug-likeness (QED) is 0.420. The van der Waals surface area contributed by atoms with Crippen molar-refractivity contribution in [2.75, 3.05) is 13.2 Å². The Morgan fingerprint density at radius 2 is 1.59 bits per heavy atom. The minimum atomic E-state index is -6.57. The van der Waals surface area contributed by atoms with E-state index in [1.807, 2.05) is 0 Å². The molecule has 0 saturated heterocycles. The topological polar surface area (TPSA) is 55.4 Å². The van der Waals surface area contributed by atoms with E-state index in [2.05, 4.69) is 4.74 Å². The van der Waals surface area contributed by atoms with Crippen molar-refractivity contribution in [3.8, 4) is 0 Å². The SMILES string of the molecule is CCCOC(=O)CCCNC(=O)C(F)(F)C(F)(F)C(F)(F)F. The Hall–Kier alpha value is -1.55. The molecule has 1 N–H and O–H groups in total. The second-order valence-corrected chi connectivity index (χ2v) is 4.23. The van der Waals surface area contributed by atoms with Gasteiger partial charge in [-0.2, -0.15) is 30.7 Å². The average Bonchev–Trinajstić information content (AvgIpc) is 2.39. The zero-order chi connectivity index (χ0) is 17.6. The molecule has 0 aromatic heterocycles. The maximum Gasteiger partial charge on any atom is 0.460 e. The van der Waals surface area contributed by atoms with E-state index in [4.69, 9.17) is 0 Å². The van der Waals surface area contributed by atoms with Gasteiger partial charge in [0.05, 0.1) is 6.61 Å².